The van der Waals surface area contributed by atoms with Gasteiger partial charge in [-0.25, -0.2) is 18.0 Å². The van der Waals surface area contributed by atoms with Crippen LogP contribution in [0, 0.1) is 17.5 Å². The van der Waals surface area contributed by atoms with Gasteiger partial charge in [0, 0.05) is 18.2 Å². The summed E-state index contributed by atoms with van der Waals surface area (Å²) in [5.41, 5.74) is 6.30. The average Bonchev–Trinajstić information content (AvgIpc) is 3.09. The molecule has 3 aromatic rings. The summed E-state index contributed by atoms with van der Waals surface area (Å²) < 4.78 is 42.3. The molecule has 7 nitrogen and oxygen atoms in total. The number of anilines is 1. The van der Waals surface area contributed by atoms with Crippen LogP contribution in [0.25, 0.3) is 11.3 Å². The maximum absolute atomic E-state index is 13.8. The highest BCUT2D eigenvalue weighted by molar-refractivity contribution is 6.00. The van der Waals surface area contributed by atoms with Crippen molar-refractivity contribution in [2.75, 3.05) is 11.9 Å². The fourth-order valence-electron chi connectivity index (χ4n) is 3.38. The maximum atomic E-state index is 13.8. The second kappa shape index (κ2) is 7.54. The lowest BCUT2D eigenvalue weighted by atomic mass is 10.0. The van der Waals surface area contributed by atoms with Crippen molar-refractivity contribution in [3.8, 4) is 11.3 Å². The highest BCUT2D eigenvalue weighted by atomic mass is 19.1. The van der Waals surface area contributed by atoms with Crippen LogP contribution >= 0.6 is 0 Å². The molecule has 4 rings (SSSR count). The van der Waals surface area contributed by atoms with Crippen LogP contribution in [-0.4, -0.2) is 33.2 Å². The van der Waals surface area contributed by atoms with Gasteiger partial charge in [0.1, 0.15) is 23.1 Å². The number of hydrogen-bond donors (Lipinski definition) is 2. The van der Waals surface area contributed by atoms with Crippen molar-refractivity contribution in [1.29, 1.82) is 0 Å². The first kappa shape index (κ1) is 19.5. The molecule has 30 heavy (non-hydrogen) atoms. The number of benzene rings is 2. The van der Waals surface area contributed by atoms with E-state index >= 15 is 0 Å². The number of fused-ring (bicyclic) bond motifs is 1. The van der Waals surface area contributed by atoms with Crippen molar-refractivity contribution < 1.29 is 22.8 Å². The van der Waals surface area contributed by atoms with Crippen LogP contribution in [0.1, 0.15) is 16.1 Å². The van der Waals surface area contributed by atoms with Gasteiger partial charge in [-0.3, -0.25) is 9.48 Å². The lowest BCUT2D eigenvalue weighted by Crippen LogP contribution is -2.41. The summed E-state index contributed by atoms with van der Waals surface area (Å²) in [6, 6.07) is 7.64. The lowest BCUT2D eigenvalue weighted by molar-refractivity contribution is 0.0997. The van der Waals surface area contributed by atoms with Crippen molar-refractivity contribution in [3.05, 3.63) is 71.2 Å². The molecule has 10 heteroatoms. The minimum absolute atomic E-state index is 0.0383. The van der Waals surface area contributed by atoms with Gasteiger partial charge >= 0.3 is 6.03 Å². The molecule has 154 valence electrons. The molecule has 3 amide bonds. The molecular weight excluding hydrogens is 399 g/mol. The molecule has 1 aromatic heterocycles. The number of aromatic nitrogens is 2. The van der Waals surface area contributed by atoms with Crippen molar-refractivity contribution in [2.45, 2.75) is 13.1 Å². The molecular formula is C20H16F3N5O2. The lowest BCUT2D eigenvalue weighted by Gasteiger charge is -2.28. The first-order valence-electron chi connectivity index (χ1n) is 9.00. The zero-order valence-corrected chi connectivity index (χ0v) is 15.5. The Bertz CT molecular complexity index is 1160. The number of nitrogens with one attached hydrogen (secondary N) is 1. The molecule has 0 atom stereocenters. The van der Waals surface area contributed by atoms with E-state index in [1.165, 1.54) is 27.8 Å². The van der Waals surface area contributed by atoms with Crippen molar-refractivity contribution in [1.82, 2.24) is 14.7 Å². The van der Waals surface area contributed by atoms with E-state index in [1.807, 2.05) is 0 Å². The number of nitrogens with two attached hydrogens (primary N) is 1. The Labute approximate surface area is 168 Å². The summed E-state index contributed by atoms with van der Waals surface area (Å²) in [6.07, 6.45) is 0. The van der Waals surface area contributed by atoms with Crippen LogP contribution < -0.4 is 11.1 Å². The van der Waals surface area contributed by atoms with Gasteiger partial charge in [0.2, 0.25) is 0 Å². The van der Waals surface area contributed by atoms with Crippen LogP contribution in [0.15, 0.2) is 42.5 Å². The fraction of sp³-hybridized carbons (Fsp3) is 0.150. The van der Waals surface area contributed by atoms with Crippen molar-refractivity contribution >= 4 is 17.6 Å². The number of urea groups is 1. The molecule has 0 fully saturated rings. The monoisotopic (exact) mass is 415 g/mol. The summed E-state index contributed by atoms with van der Waals surface area (Å²) in [6.45, 7) is 0.408. The summed E-state index contributed by atoms with van der Waals surface area (Å²) in [7, 11) is 0. The van der Waals surface area contributed by atoms with Crippen LogP contribution in [0.3, 0.4) is 0 Å². The number of hydrogen-bond acceptors (Lipinski definition) is 3. The van der Waals surface area contributed by atoms with E-state index in [4.69, 9.17) is 5.73 Å². The van der Waals surface area contributed by atoms with Gasteiger partial charge < -0.3 is 16.0 Å². The van der Waals surface area contributed by atoms with Gasteiger partial charge in [-0.1, -0.05) is 12.1 Å². The smallest absolute Gasteiger partial charge is 0.322 e. The van der Waals surface area contributed by atoms with Gasteiger partial charge in [0.15, 0.2) is 0 Å². The molecule has 0 spiro atoms. The summed E-state index contributed by atoms with van der Waals surface area (Å²) in [5.74, 6) is -2.74. The fourth-order valence-corrected chi connectivity index (χ4v) is 3.38. The Morgan fingerprint density at radius 2 is 1.80 bits per heavy atom. The van der Waals surface area contributed by atoms with Crippen LogP contribution in [0.4, 0.5) is 23.7 Å². The SMILES string of the molecule is NC(=O)c1c(-c2cccc(F)c2)nn2c1CN(C(=O)Nc1cc(F)ccc1F)CC2. The predicted molar refractivity (Wildman–Crippen MR) is 102 cm³/mol. The van der Waals surface area contributed by atoms with Gasteiger partial charge in [-0.2, -0.15) is 5.10 Å². The standard InChI is InChI=1S/C20H16F3N5O2/c21-12-3-1-2-11(8-12)18-17(19(24)29)16-10-27(6-7-28(16)26-18)20(30)25-15-9-13(22)4-5-14(15)23/h1-5,8-9H,6-7,10H2,(H2,24,29)(H,25,30). The second-order valence-corrected chi connectivity index (χ2v) is 6.74. The molecule has 2 aromatic carbocycles. The number of carbonyl (C=O) groups is 2. The van der Waals surface area contributed by atoms with E-state index in [1.54, 1.807) is 6.07 Å². The van der Waals surface area contributed by atoms with E-state index in [2.05, 4.69) is 10.4 Å². The number of nitrogens with zero attached hydrogens (tertiary/aromatic N) is 3. The highest BCUT2D eigenvalue weighted by Crippen LogP contribution is 2.29. The van der Waals surface area contributed by atoms with Gasteiger partial charge in [0.25, 0.3) is 5.91 Å². The molecule has 1 aliphatic heterocycles. The zero-order chi connectivity index (χ0) is 21.4. The Morgan fingerprint density at radius 1 is 1.03 bits per heavy atom. The minimum Gasteiger partial charge on any atom is -0.365 e. The average molecular weight is 415 g/mol. The molecule has 0 saturated carbocycles. The van der Waals surface area contributed by atoms with E-state index in [0.29, 0.717) is 11.3 Å². The molecule has 0 radical (unpaired) electrons. The third-order valence-electron chi connectivity index (χ3n) is 4.78. The number of halogens is 3. The molecule has 0 unspecified atom stereocenters. The molecule has 3 N–H and O–H groups in total. The predicted octanol–water partition coefficient (Wildman–Crippen LogP) is 3.11. The first-order chi connectivity index (χ1) is 14.3. The Hall–Kier alpha value is -3.82. The van der Waals surface area contributed by atoms with Gasteiger partial charge in [-0.05, 0) is 24.3 Å². The quantitative estimate of drug-likeness (QED) is 0.688. The Morgan fingerprint density at radius 3 is 2.53 bits per heavy atom. The first-order valence-corrected chi connectivity index (χ1v) is 9.00. The molecule has 0 aliphatic carbocycles. The number of amides is 3. The third-order valence-corrected chi connectivity index (χ3v) is 4.78. The largest absolute Gasteiger partial charge is 0.365 e. The number of carbonyl (C=O) groups excluding carboxylic acids is 2. The molecule has 0 bridgehead atoms. The van der Waals surface area contributed by atoms with Crippen molar-refractivity contribution in [3.63, 3.8) is 0 Å². The van der Waals surface area contributed by atoms with E-state index < -0.39 is 29.4 Å². The summed E-state index contributed by atoms with van der Waals surface area (Å²) >= 11 is 0. The number of primary amides is 1. The normalized spacial score (nSPS) is 13.1. The van der Waals surface area contributed by atoms with E-state index in [9.17, 15) is 22.8 Å². The Kier molecular flexibility index (Phi) is 4.90. The maximum Gasteiger partial charge on any atom is 0.322 e. The Balaban J connectivity index is 1.64. The molecule has 0 saturated heterocycles. The van der Waals surface area contributed by atoms with Gasteiger partial charge in [-0.15, -0.1) is 0 Å². The topological polar surface area (TPSA) is 93.2 Å². The zero-order valence-electron chi connectivity index (χ0n) is 15.5. The van der Waals surface area contributed by atoms with Crippen LogP contribution in [0.5, 0.6) is 0 Å². The molecule has 1 aliphatic rings. The van der Waals surface area contributed by atoms with Crippen LogP contribution in [-0.2, 0) is 13.1 Å². The summed E-state index contributed by atoms with van der Waals surface area (Å²) in [4.78, 5) is 26.0. The highest BCUT2D eigenvalue weighted by Gasteiger charge is 2.30. The van der Waals surface area contributed by atoms with Crippen LogP contribution in [0.2, 0.25) is 0 Å². The summed E-state index contributed by atoms with van der Waals surface area (Å²) in [5, 5.41) is 6.69. The van der Waals surface area contributed by atoms with E-state index in [0.717, 1.165) is 18.2 Å². The van der Waals surface area contributed by atoms with E-state index in [-0.39, 0.29) is 36.6 Å². The minimum atomic E-state index is -0.780. The third kappa shape index (κ3) is 3.59. The molecule has 2 heterocycles. The van der Waals surface area contributed by atoms with Crippen molar-refractivity contribution in [2.24, 2.45) is 5.73 Å². The second-order valence-electron chi connectivity index (χ2n) is 6.74. The van der Waals surface area contributed by atoms with Gasteiger partial charge in [0.05, 0.1) is 30.0 Å². The number of rotatable bonds is 3.